The Kier molecular flexibility index (Phi) is 4.95. The minimum absolute atomic E-state index is 0.0283. The minimum atomic E-state index is -0.709. The van der Waals surface area contributed by atoms with E-state index in [9.17, 15) is 8.78 Å². The van der Waals surface area contributed by atoms with Gasteiger partial charge in [0.1, 0.15) is 5.03 Å². The fourth-order valence-electron chi connectivity index (χ4n) is 1.00. The SMILES string of the molecule is CNc1nc(SCC(C)CO)c(F)cc1F. The maximum absolute atomic E-state index is 13.3. The molecule has 3 nitrogen and oxygen atoms in total. The lowest BCUT2D eigenvalue weighted by atomic mass is 10.2. The van der Waals surface area contributed by atoms with Crippen molar-refractivity contribution in [3.63, 3.8) is 0 Å². The standard InChI is InChI=1S/C10H14F2N2OS/c1-6(4-15)5-16-10-8(12)3-7(11)9(13-2)14-10/h3,6,15H,4-5H2,1-2H3,(H,13,14). The molecule has 1 aromatic heterocycles. The Labute approximate surface area is 97.3 Å². The zero-order valence-electron chi connectivity index (χ0n) is 9.13. The van der Waals surface area contributed by atoms with Gasteiger partial charge in [-0.1, -0.05) is 6.92 Å². The average molecular weight is 248 g/mol. The van der Waals surface area contributed by atoms with Crippen molar-refractivity contribution in [2.75, 3.05) is 24.7 Å². The van der Waals surface area contributed by atoms with Crippen molar-refractivity contribution in [3.05, 3.63) is 17.7 Å². The van der Waals surface area contributed by atoms with Crippen molar-refractivity contribution >= 4 is 17.6 Å². The summed E-state index contributed by atoms with van der Waals surface area (Å²) in [7, 11) is 1.52. The molecule has 90 valence electrons. The molecule has 0 fully saturated rings. The third kappa shape index (κ3) is 3.31. The number of aromatic nitrogens is 1. The molecule has 16 heavy (non-hydrogen) atoms. The lowest BCUT2D eigenvalue weighted by Crippen LogP contribution is -2.05. The van der Waals surface area contributed by atoms with Crippen LogP contribution in [0.25, 0.3) is 0 Å². The third-order valence-corrected chi connectivity index (χ3v) is 3.25. The van der Waals surface area contributed by atoms with E-state index in [2.05, 4.69) is 10.3 Å². The highest BCUT2D eigenvalue weighted by molar-refractivity contribution is 7.99. The summed E-state index contributed by atoms with van der Waals surface area (Å²) in [6.07, 6.45) is 0. The largest absolute Gasteiger partial charge is 0.396 e. The maximum atomic E-state index is 13.3. The highest BCUT2D eigenvalue weighted by Crippen LogP contribution is 2.25. The molecule has 1 aromatic rings. The van der Waals surface area contributed by atoms with E-state index >= 15 is 0 Å². The van der Waals surface area contributed by atoms with Gasteiger partial charge in [0.05, 0.1) is 0 Å². The van der Waals surface area contributed by atoms with Gasteiger partial charge >= 0.3 is 0 Å². The first-order chi connectivity index (χ1) is 7.58. The maximum Gasteiger partial charge on any atom is 0.168 e. The van der Waals surface area contributed by atoms with Gasteiger partial charge in [-0.15, -0.1) is 11.8 Å². The monoisotopic (exact) mass is 248 g/mol. The summed E-state index contributed by atoms with van der Waals surface area (Å²) in [6, 6.07) is 0.810. The Bertz CT molecular complexity index is 363. The number of rotatable bonds is 5. The zero-order valence-corrected chi connectivity index (χ0v) is 9.94. The Morgan fingerprint density at radius 3 is 2.75 bits per heavy atom. The molecule has 6 heteroatoms. The molecular weight excluding hydrogens is 234 g/mol. The number of anilines is 1. The van der Waals surface area contributed by atoms with Gasteiger partial charge in [0.15, 0.2) is 17.5 Å². The highest BCUT2D eigenvalue weighted by atomic mass is 32.2. The number of aliphatic hydroxyl groups is 1. The van der Waals surface area contributed by atoms with Crippen LogP contribution < -0.4 is 5.32 Å². The highest BCUT2D eigenvalue weighted by Gasteiger charge is 2.12. The number of hydrogen-bond acceptors (Lipinski definition) is 4. The molecule has 0 saturated heterocycles. The molecule has 1 heterocycles. The van der Waals surface area contributed by atoms with Gasteiger partial charge in [0.2, 0.25) is 0 Å². The topological polar surface area (TPSA) is 45.2 Å². The van der Waals surface area contributed by atoms with Gasteiger partial charge in [-0.2, -0.15) is 0 Å². The molecule has 0 amide bonds. The van der Waals surface area contributed by atoms with E-state index in [0.29, 0.717) is 5.75 Å². The molecule has 2 N–H and O–H groups in total. The lowest BCUT2D eigenvalue weighted by Gasteiger charge is -2.09. The van der Waals surface area contributed by atoms with E-state index in [1.54, 1.807) is 0 Å². The fourth-order valence-corrected chi connectivity index (χ4v) is 1.90. The summed E-state index contributed by atoms with van der Waals surface area (Å²) in [6.45, 7) is 1.88. The number of pyridine rings is 1. The number of thioether (sulfide) groups is 1. The summed E-state index contributed by atoms with van der Waals surface area (Å²) in [5.41, 5.74) is 0. The van der Waals surface area contributed by atoms with Crippen LogP contribution in [0, 0.1) is 17.6 Å². The van der Waals surface area contributed by atoms with Crippen molar-refractivity contribution in [1.29, 1.82) is 0 Å². The van der Waals surface area contributed by atoms with Crippen molar-refractivity contribution in [1.82, 2.24) is 4.98 Å². The van der Waals surface area contributed by atoms with Crippen LogP contribution in [0.4, 0.5) is 14.6 Å². The molecule has 0 radical (unpaired) electrons. The van der Waals surface area contributed by atoms with Crippen LogP contribution in [-0.2, 0) is 0 Å². The molecule has 1 atom stereocenters. The van der Waals surface area contributed by atoms with E-state index < -0.39 is 11.6 Å². The van der Waals surface area contributed by atoms with Crippen LogP contribution in [0.5, 0.6) is 0 Å². The van der Waals surface area contributed by atoms with E-state index in [1.807, 2.05) is 6.92 Å². The second kappa shape index (κ2) is 6.00. The van der Waals surface area contributed by atoms with Crippen LogP contribution in [0.1, 0.15) is 6.92 Å². The predicted molar refractivity (Wildman–Crippen MR) is 60.7 cm³/mol. The van der Waals surface area contributed by atoms with Gasteiger partial charge in [0, 0.05) is 25.5 Å². The molecule has 0 aliphatic rings. The number of halogens is 2. The molecule has 0 aliphatic carbocycles. The van der Waals surface area contributed by atoms with Crippen molar-refractivity contribution in [2.45, 2.75) is 11.9 Å². The molecule has 0 aliphatic heterocycles. The predicted octanol–water partition coefficient (Wildman–Crippen LogP) is 2.12. The van der Waals surface area contributed by atoms with Crippen LogP contribution in [0.2, 0.25) is 0 Å². The van der Waals surface area contributed by atoms with Gasteiger partial charge in [0.25, 0.3) is 0 Å². The van der Waals surface area contributed by atoms with E-state index in [0.717, 1.165) is 6.07 Å². The van der Waals surface area contributed by atoms with Crippen molar-refractivity contribution in [2.24, 2.45) is 5.92 Å². The van der Waals surface area contributed by atoms with Crippen molar-refractivity contribution in [3.8, 4) is 0 Å². The summed E-state index contributed by atoms with van der Waals surface area (Å²) >= 11 is 1.17. The van der Waals surface area contributed by atoms with Crippen LogP contribution in [0.3, 0.4) is 0 Å². The number of nitrogens with one attached hydrogen (secondary N) is 1. The first-order valence-corrected chi connectivity index (χ1v) is 5.84. The average Bonchev–Trinajstić information content (AvgIpc) is 2.27. The first kappa shape index (κ1) is 13.2. The lowest BCUT2D eigenvalue weighted by molar-refractivity contribution is 0.250. The summed E-state index contributed by atoms with van der Waals surface area (Å²) in [5.74, 6) is -0.768. The quantitative estimate of drug-likeness (QED) is 0.783. The third-order valence-electron chi connectivity index (χ3n) is 1.95. The Hall–Kier alpha value is -0.880. The normalized spacial score (nSPS) is 12.6. The van der Waals surface area contributed by atoms with Crippen LogP contribution in [-0.4, -0.2) is 29.5 Å². The fraction of sp³-hybridized carbons (Fsp3) is 0.500. The number of hydrogen-bond donors (Lipinski definition) is 2. The van der Waals surface area contributed by atoms with E-state index in [-0.39, 0.29) is 23.4 Å². The summed E-state index contributed by atoms with van der Waals surface area (Å²) in [5, 5.41) is 11.5. The molecule has 0 spiro atoms. The second-order valence-electron chi connectivity index (χ2n) is 3.45. The minimum Gasteiger partial charge on any atom is -0.396 e. The Morgan fingerprint density at radius 2 is 2.19 bits per heavy atom. The van der Waals surface area contributed by atoms with Gasteiger partial charge < -0.3 is 10.4 Å². The van der Waals surface area contributed by atoms with Crippen LogP contribution in [0.15, 0.2) is 11.1 Å². The van der Waals surface area contributed by atoms with Gasteiger partial charge in [-0.25, -0.2) is 13.8 Å². The molecule has 0 bridgehead atoms. The van der Waals surface area contributed by atoms with Crippen LogP contribution >= 0.6 is 11.8 Å². The summed E-state index contributed by atoms with van der Waals surface area (Å²) in [4.78, 5) is 3.82. The molecule has 1 unspecified atom stereocenters. The number of nitrogens with zero attached hydrogens (tertiary/aromatic N) is 1. The molecule has 1 rings (SSSR count). The van der Waals surface area contributed by atoms with Gasteiger partial charge in [-0.05, 0) is 5.92 Å². The van der Waals surface area contributed by atoms with E-state index in [1.165, 1.54) is 18.8 Å². The van der Waals surface area contributed by atoms with Gasteiger partial charge in [-0.3, -0.25) is 0 Å². The smallest absolute Gasteiger partial charge is 0.168 e. The Morgan fingerprint density at radius 1 is 1.50 bits per heavy atom. The number of aliphatic hydroxyl groups excluding tert-OH is 1. The Balaban J connectivity index is 2.79. The molecule has 0 saturated carbocycles. The molecular formula is C10H14F2N2OS. The first-order valence-electron chi connectivity index (χ1n) is 4.86. The van der Waals surface area contributed by atoms with E-state index in [4.69, 9.17) is 5.11 Å². The van der Waals surface area contributed by atoms with Crippen molar-refractivity contribution < 1.29 is 13.9 Å². The second-order valence-corrected chi connectivity index (χ2v) is 4.46. The zero-order chi connectivity index (χ0) is 12.1. The summed E-state index contributed by atoms with van der Waals surface area (Å²) < 4.78 is 26.4. The molecule has 0 aromatic carbocycles.